The Kier molecular flexibility index (Phi) is 7.24. The molecule has 0 spiro atoms. The van der Waals surface area contributed by atoms with E-state index < -0.39 is 23.7 Å². The Hall–Kier alpha value is -4.44. The van der Waals surface area contributed by atoms with Gasteiger partial charge in [0.2, 0.25) is 11.8 Å². The number of para-hydroxylation sites is 1. The molecule has 4 aromatic rings. The standard InChI is InChI=1S/C34H34F2N4O4/c1-43-21-10-11-23(30(16-21)44-2)33-32-24(22-6-3-4-9-28(22)37-32)17-29-34(42)39(19-31(41)40(29)33)20-12-14-38(15-13-20)18-25-26(35)7-5-8-27(25)36/h3-11,16,20,29,33,37H,12-15,17-19H2,1-2H3/t29?,33-/m1/s1. The van der Waals surface area contributed by atoms with Gasteiger partial charge in [-0.05, 0) is 48.7 Å². The second-order valence-electron chi connectivity index (χ2n) is 11.8. The molecule has 2 fully saturated rings. The van der Waals surface area contributed by atoms with E-state index in [0.29, 0.717) is 43.9 Å². The second-order valence-corrected chi connectivity index (χ2v) is 11.8. The Morgan fingerprint density at radius 3 is 2.41 bits per heavy atom. The number of nitrogens with one attached hydrogen (secondary N) is 1. The van der Waals surface area contributed by atoms with Crippen LogP contribution in [0.2, 0.25) is 0 Å². The number of benzene rings is 3. The van der Waals surface area contributed by atoms with Crippen molar-refractivity contribution in [2.45, 2.75) is 43.9 Å². The molecule has 7 rings (SSSR count). The van der Waals surface area contributed by atoms with Gasteiger partial charge in [0, 0.05) is 65.9 Å². The molecule has 44 heavy (non-hydrogen) atoms. The number of carbonyl (C=O) groups excluding carboxylic acids is 2. The number of piperidine rings is 1. The summed E-state index contributed by atoms with van der Waals surface area (Å²) in [6, 6.07) is 16.1. The van der Waals surface area contributed by atoms with Gasteiger partial charge in [-0.1, -0.05) is 24.3 Å². The van der Waals surface area contributed by atoms with Crippen LogP contribution in [0.25, 0.3) is 10.9 Å². The number of methoxy groups -OCH3 is 2. The Bertz CT molecular complexity index is 1730. The summed E-state index contributed by atoms with van der Waals surface area (Å²) >= 11 is 0. The molecule has 3 aliphatic heterocycles. The first kappa shape index (κ1) is 28.3. The van der Waals surface area contributed by atoms with E-state index in [4.69, 9.17) is 9.47 Å². The number of hydrogen-bond acceptors (Lipinski definition) is 5. The van der Waals surface area contributed by atoms with E-state index in [1.165, 1.54) is 18.2 Å². The van der Waals surface area contributed by atoms with Crippen molar-refractivity contribution >= 4 is 22.7 Å². The highest BCUT2D eigenvalue weighted by atomic mass is 19.1. The molecule has 0 bridgehead atoms. The van der Waals surface area contributed by atoms with Crippen LogP contribution in [0.1, 0.15) is 41.3 Å². The number of piperazine rings is 1. The summed E-state index contributed by atoms with van der Waals surface area (Å²) < 4.78 is 39.7. The van der Waals surface area contributed by atoms with Gasteiger partial charge in [0.1, 0.15) is 41.8 Å². The highest BCUT2D eigenvalue weighted by Gasteiger charge is 2.50. The summed E-state index contributed by atoms with van der Waals surface area (Å²) in [5, 5.41) is 1.03. The molecule has 1 aromatic heterocycles. The molecule has 4 heterocycles. The summed E-state index contributed by atoms with van der Waals surface area (Å²) in [4.78, 5) is 37.5. The molecule has 10 heteroatoms. The van der Waals surface area contributed by atoms with E-state index in [-0.39, 0.29) is 36.5 Å². The lowest BCUT2D eigenvalue weighted by molar-refractivity contribution is -0.161. The summed E-state index contributed by atoms with van der Waals surface area (Å²) in [5.74, 6) is -0.108. The van der Waals surface area contributed by atoms with Gasteiger partial charge in [-0.3, -0.25) is 14.5 Å². The van der Waals surface area contributed by atoms with Crippen molar-refractivity contribution in [3.8, 4) is 11.5 Å². The van der Waals surface area contributed by atoms with Gasteiger partial charge in [0.05, 0.1) is 14.2 Å². The smallest absolute Gasteiger partial charge is 0.246 e. The first-order valence-corrected chi connectivity index (χ1v) is 15.0. The van der Waals surface area contributed by atoms with E-state index in [1.54, 1.807) is 30.1 Å². The molecule has 1 N–H and O–H groups in total. The maximum Gasteiger partial charge on any atom is 0.246 e. The minimum Gasteiger partial charge on any atom is -0.497 e. The van der Waals surface area contributed by atoms with Crippen molar-refractivity contribution in [1.82, 2.24) is 19.7 Å². The minimum absolute atomic E-state index is 0.0214. The molecule has 2 atom stereocenters. The van der Waals surface area contributed by atoms with Crippen LogP contribution in [0.4, 0.5) is 8.78 Å². The summed E-state index contributed by atoms with van der Waals surface area (Å²) in [5.41, 5.74) is 3.69. The van der Waals surface area contributed by atoms with Gasteiger partial charge in [0.15, 0.2) is 0 Å². The predicted molar refractivity (Wildman–Crippen MR) is 160 cm³/mol. The lowest BCUT2D eigenvalue weighted by Crippen LogP contribution is -2.65. The number of fused-ring (bicyclic) bond motifs is 4. The maximum atomic E-state index is 14.3. The zero-order valence-electron chi connectivity index (χ0n) is 24.7. The average molecular weight is 601 g/mol. The van der Waals surface area contributed by atoms with Gasteiger partial charge in [-0.15, -0.1) is 0 Å². The molecule has 2 saturated heterocycles. The lowest BCUT2D eigenvalue weighted by Gasteiger charge is -2.49. The Morgan fingerprint density at radius 1 is 0.932 bits per heavy atom. The number of likely N-dealkylation sites (tertiary alicyclic amines) is 1. The molecule has 0 aliphatic carbocycles. The molecule has 0 radical (unpaired) electrons. The fourth-order valence-corrected chi connectivity index (χ4v) is 7.26. The van der Waals surface area contributed by atoms with E-state index in [2.05, 4.69) is 4.98 Å². The first-order chi connectivity index (χ1) is 21.4. The number of carbonyl (C=O) groups is 2. The zero-order valence-corrected chi connectivity index (χ0v) is 24.7. The number of aromatic nitrogens is 1. The van der Waals surface area contributed by atoms with Crippen LogP contribution in [0.5, 0.6) is 11.5 Å². The van der Waals surface area contributed by atoms with E-state index >= 15 is 0 Å². The van der Waals surface area contributed by atoms with Crippen LogP contribution in [0.3, 0.4) is 0 Å². The molecule has 8 nitrogen and oxygen atoms in total. The van der Waals surface area contributed by atoms with Gasteiger partial charge < -0.3 is 24.3 Å². The molecule has 1 unspecified atom stereocenters. The summed E-state index contributed by atoms with van der Waals surface area (Å²) in [7, 11) is 3.17. The molecule has 3 aromatic carbocycles. The number of H-pyrrole nitrogens is 1. The van der Waals surface area contributed by atoms with Crippen LogP contribution in [0, 0.1) is 11.6 Å². The van der Waals surface area contributed by atoms with Crippen molar-refractivity contribution in [2.75, 3.05) is 33.9 Å². The topological polar surface area (TPSA) is 78.1 Å². The molecular formula is C34H34F2N4O4. The van der Waals surface area contributed by atoms with Crippen molar-refractivity contribution in [1.29, 1.82) is 0 Å². The predicted octanol–water partition coefficient (Wildman–Crippen LogP) is 4.81. The van der Waals surface area contributed by atoms with Gasteiger partial charge in [0.25, 0.3) is 0 Å². The molecular weight excluding hydrogens is 566 g/mol. The number of hydrogen-bond donors (Lipinski definition) is 1. The SMILES string of the molecule is COc1ccc([C@@H]2c3[nH]c4ccccc4c3CC3C(=O)N(C4CCN(Cc5c(F)cccc5F)CC4)CC(=O)N32)c(OC)c1. The van der Waals surface area contributed by atoms with E-state index in [1.807, 2.05) is 41.3 Å². The van der Waals surface area contributed by atoms with E-state index in [0.717, 1.165) is 27.7 Å². The first-order valence-electron chi connectivity index (χ1n) is 15.0. The fourth-order valence-electron chi connectivity index (χ4n) is 7.26. The highest BCUT2D eigenvalue weighted by molar-refractivity contribution is 5.98. The highest BCUT2D eigenvalue weighted by Crippen LogP contribution is 2.46. The van der Waals surface area contributed by atoms with Crippen LogP contribution in [-0.4, -0.2) is 77.4 Å². The third-order valence-electron chi connectivity index (χ3n) is 9.47. The third-order valence-corrected chi connectivity index (χ3v) is 9.47. The van der Waals surface area contributed by atoms with Gasteiger partial charge in [-0.25, -0.2) is 8.78 Å². The maximum absolute atomic E-state index is 14.3. The number of amides is 2. The number of aromatic amines is 1. The van der Waals surface area contributed by atoms with Crippen molar-refractivity contribution in [3.05, 3.63) is 94.7 Å². The fraction of sp³-hybridized carbons (Fsp3) is 0.353. The Morgan fingerprint density at radius 2 is 1.68 bits per heavy atom. The Balaban J connectivity index is 1.19. The normalized spacial score (nSPS) is 21.0. The van der Waals surface area contributed by atoms with Crippen LogP contribution < -0.4 is 9.47 Å². The molecule has 0 saturated carbocycles. The van der Waals surface area contributed by atoms with Crippen LogP contribution in [-0.2, 0) is 22.6 Å². The van der Waals surface area contributed by atoms with E-state index in [9.17, 15) is 18.4 Å². The molecule has 3 aliphatic rings. The average Bonchev–Trinajstić information content (AvgIpc) is 3.42. The molecule has 2 amide bonds. The second kappa shape index (κ2) is 11.2. The minimum atomic E-state index is -0.676. The summed E-state index contributed by atoms with van der Waals surface area (Å²) in [6.07, 6.45) is 1.65. The third kappa shape index (κ3) is 4.68. The van der Waals surface area contributed by atoms with Crippen molar-refractivity contribution in [2.24, 2.45) is 0 Å². The quantitative estimate of drug-likeness (QED) is 0.344. The Labute approximate surface area is 254 Å². The van der Waals surface area contributed by atoms with Gasteiger partial charge in [-0.2, -0.15) is 0 Å². The number of rotatable bonds is 6. The summed E-state index contributed by atoms with van der Waals surface area (Å²) in [6.45, 7) is 1.29. The van der Waals surface area contributed by atoms with Crippen LogP contribution >= 0.6 is 0 Å². The zero-order chi connectivity index (χ0) is 30.5. The number of nitrogens with zero attached hydrogens (tertiary/aromatic N) is 3. The number of halogens is 2. The lowest BCUT2D eigenvalue weighted by atomic mass is 9.85. The van der Waals surface area contributed by atoms with Crippen molar-refractivity contribution < 1.29 is 27.8 Å². The monoisotopic (exact) mass is 600 g/mol. The number of ether oxygens (including phenoxy) is 2. The van der Waals surface area contributed by atoms with Crippen molar-refractivity contribution in [3.63, 3.8) is 0 Å². The van der Waals surface area contributed by atoms with Crippen LogP contribution in [0.15, 0.2) is 60.7 Å². The van der Waals surface area contributed by atoms with Gasteiger partial charge >= 0.3 is 0 Å². The largest absolute Gasteiger partial charge is 0.497 e. The molecule has 228 valence electrons.